The molecule has 0 saturated heterocycles. The van der Waals surface area contributed by atoms with Crippen molar-refractivity contribution in [3.8, 4) is 17.3 Å². The fourth-order valence-electron chi connectivity index (χ4n) is 9.71. The van der Waals surface area contributed by atoms with Gasteiger partial charge in [-0.05, 0) is 74.5 Å². The van der Waals surface area contributed by atoms with E-state index >= 15 is 4.39 Å². The van der Waals surface area contributed by atoms with E-state index in [1.54, 1.807) is 6.20 Å². The number of para-hydroxylation sites is 3. The Hall–Kier alpha value is -7.35. The van der Waals surface area contributed by atoms with Crippen LogP contribution in [0.5, 0.6) is 11.5 Å². The van der Waals surface area contributed by atoms with E-state index in [1.165, 1.54) is 0 Å². The first-order chi connectivity index (χ1) is 28.7. The molecule has 5 nitrogen and oxygen atoms in total. The summed E-state index contributed by atoms with van der Waals surface area (Å²) in [5, 5.41) is 9.30. The number of benzene rings is 7. The molecule has 4 aromatic heterocycles. The molecule has 1 aliphatic rings. The van der Waals surface area contributed by atoms with E-state index in [9.17, 15) is 0 Å². The Morgan fingerprint density at radius 3 is 2.02 bits per heavy atom. The van der Waals surface area contributed by atoms with Crippen LogP contribution < -0.4 is 25.5 Å². The SMILES string of the molecule is FC(c1ccc2c3ccccc3n3ccnc3c2c1)c1cc2c(c3c1[Si](c1ccccc1)(c1ccccc1)c1ccccc1O3)c1ccccc1n2-c1ccccn1. The molecule has 0 spiro atoms. The molecule has 1 atom stereocenters. The van der Waals surface area contributed by atoms with Crippen LogP contribution in [0.15, 0.2) is 195 Å². The average Bonchev–Trinajstić information content (AvgIpc) is 3.93. The Morgan fingerprint density at radius 1 is 0.552 bits per heavy atom. The molecule has 0 saturated carbocycles. The van der Waals surface area contributed by atoms with Crippen LogP contribution >= 0.6 is 0 Å². The number of ether oxygens (including phenoxy) is 1. The second-order valence-electron chi connectivity index (χ2n) is 15.0. The van der Waals surface area contributed by atoms with Gasteiger partial charge in [0, 0.05) is 39.9 Å². The van der Waals surface area contributed by atoms with Gasteiger partial charge in [-0.1, -0.05) is 133 Å². The Kier molecular flexibility index (Phi) is 7.12. The predicted octanol–water partition coefficient (Wildman–Crippen LogP) is 9.67. The number of nitrogens with zero attached hydrogens (tertiary/aromatic N) is 4. The van der Waals surface area contributed by atoms with Gasteiger partial charge in [0.25, 0.3) is 0 Å². The topological polar surface area (TPSA) is 44.4 Å². The summed E-state index contributed by atoms with van der Waals surface area (Å²) in [4.78, 5) is 9.63. The standard InChI is InChI=1S/C51H33FN4OSi/c52-48(33-26-27-36-37-19-7-9-21-41(37)55-30-29-54-51(55)39(36)31-33)40-32-43-47(38-20-8-10-22-42(38)56(43)46-25-13-14-28-53-46)49-50(40)58(34-15-3-1-4-16-34,35-17-5-2-6-18-35)45-24-12-11-23-44(45)57-49/h1-32,48H. The van der Waals surface area contributed by atoms with E-state index in [0.717, 1.165) is 81.4 Å². The molecule has 1 unspecified atom stereocenters. The summed E-state index contributed by atoms with van der Waals surface area (Å²) in [6.07, 6.45) is 4.06. The van der Waals surface area contributed by atoms with Crippen LogP contribution in [0.4, 0.5) is 4.39 Å². The summed E-state index contributed by atoms with van der Waals surface area (Å²) in [6, 6.07) is 60.5. The van der Waals surface area contributed by atoms with Gasteiger partial charge in [0.2, 0.25) is 0 Å². The van der Waals surface area contributed by atoms with E-state index in [0.29, 0.717) is 16.9 Å². The quantitative estimate of drug-likeness (QED) is 0.130. The zero-order chi connectivity index (χ0) is 38.4. The minimum absolute atomic E-state index is 0.553. The summed E-state index contributed by atoms with van der Waals surface area (Å²) in [5.41, 5.74) is 4.80. The van der Waals surface area contributed by atoms with Crippen LogP contribution in [0.3, 0.4) is 0 Å². The van der Waals surface area contributed by atoms with Crippen molar-refractivity contribution in [1.29, 1.82) is 0 Å². The number of hydrogen-bond acceptors (Lipinski definition) is 3. The molecule has 7 aromatic carbocycles. The number of rotatable bonds is 5. The zero-order valence-corrected chi connectivity index (χ0v) is 32.1. The van der Waals surface area contributed by atoms with Gasteiger partial charge in [0.05, 0.1) is 21.9 Å². The summed E-state index contributed by atoms with van der Waals surface area (Å²) in [6.45, 7) is 0. The number of alkyl halides is 1. The minimum Gasteiger partial charge on any atom is -0.457 e. The van der Waals surface area contributed by atoms with Crippen molar-refractivity contribution in [2.45, 2.75) is 6.17 Å². The first-order valence-corrected chi connectivity index (χ1v) is 21.5. The Balaban J connectivity index is 1.26. The third-order valence-electron chi connectivity index (χ3n) is 12.1. The highest BCUT2D eigenvalue weighted by atomic mass is 28.3. The lowest BCUT2D eigenvalue weighted by atomic mass is 9.96. The fraction of sp³-hybridized carbons (Fsp3) is 0.0196. The van der Waals surface area contributed by atoms with Crippen molar-refractivity contribution >= 4 is 77.9 Å². The molecule has 1 aliphatic heterocycles. The number of aromatic nitrogens is 4. The molecule has 5 heterocycles. The molecule has 274 valence electrons. The van der Waals surface area contributed by atoms with Crippen LogP contribution in [-0.4, -0.2) is 27.0 Å². The highest BCUT2D eigenvalue weighted by Gasteiger charge is 2.51. The highest BCUT2D eigenvalue weighted by molar-refractivity contribution is 7.21. The Labute approximate surface area is 333 Å². The van der Waals surface area contributed by atoms with E-state index in [2.05, 4.69) is 130 Å². The molecule has 11 aromatic rings. The maximum absolute atomic E-state index is 18.8. The second-order valence-corrected chi connectivity index (χ2v) is 18.7. The van der Waals surface area contributed by atoms with Gasteiger partial charge in [-0.15, -0.1) is 0 Å². The fourth-order valence-corrected chi connectivity index (χ4v) is 14.9. The van der Waals surface area contributed by atoms with Gasteiger partial charge in [0.1, 0.15) is 23.0 Å². The van der Waals surface area contributed by atoms with Crippen molar-refractivity contribution in [3.05, 3.63) is 206 Å². The molecular formula is C51H33FN4OSi. The Morgan fingerprint density at radius 2 is 1.24 bits per heavy atom. The molecular weight excluding hydrogens is 732 g/mol. The van der Waals surface area contributed by atoms with Crippen LogP contribution in [-0.2, 0) is 0 Å². The molecule has 58 heavy (non-hydrogen) atoms. The van der Waals surface area contributed by atoms with Gasteiger partial charge < -0.3 is 4.74 Å². The van der Waals surface area contributed by atoms with Crippen molar-refractivity contribution in [1.82, 2.24) is 18.9 Å². The average molecular weight is 765 g/mol. The van der Waals surface area contributed by atoms with Gasteiger partial charge in [-0.2, -0.15) is 0 Å². The van der Waals surface area contributed by atoms with E-state index < -0.39 is 14.2 Å². The van der Waals surface area contributed by atoms with Crippen LogP contribution in [0, 0.1) is 0 Å². The number of halogens is 1. The third-order valence-corrected chi connectivity index (χ3v) is 16.9. The molecule has 0 amide bonds. The lowest BCUT2D eigenvalue weighted by Crippen LogP contribution is -2.76. The highest BCUT2D eigenvalue weighted by Crippen LogP contribution is 2.45. The summed E-state index contributed by atoms with van der Waals surface area (Å²) in [7, 11) is -3.32. The van der Waals surface area contributed by atoms with Crippen LogP contribution in [0.2, 0.25) is 0 Å². The van der Waals surface area contributed by atoms with E-state index in [4.69, 9.17) is 14.7 Å². The van der Waals surface area contributed by atoms with Crippen molar-refractivity contribution in [3.63, 3.8) is 0 Å². The second kappa shape index (κ2) is 12.6. The summed E-state index contributed by atoms with van der Waals surface area (Å²) in [5.74, 6) is 2.24. The summed E-state index contributed by atoms with van der Waals surface area (Å²) >= 11 is 0. The Bertz CT molecular complexity index is 3360. The molecule has 12 rings (SSSR count). The normalized spacial score (nSPS) is 13.8. The first-order valence-electron chi connectivity index (χ1n) is 19.5. The van der Waals surface area contributed by atoms with Gasteiger partial charge in [-0.3, -0.25) is 8.97 Å². The minimum atomic E-state index is -3.32. The molecule has 0 aliphatic carbocycles. The monoisotopic (exact) mass is 764 g/mol. The van der Waals surface area contributed by atoms with Crippen molar-refractivity contribution in [2.24, 2.45) is 0 Å². The molecule has 0 fully saturated rings. The van der Waals surface area contributed by atoms with Gasteiger partial charge >= 0.3 is 0 Å². The zero-order valence-electron chi connectivity index (χ0n) is 31.1. The van der Waals surface area contributed by atoms with Crippen molar-refractivity contribution < 1.29 is 9.13 Å². The van der Waals surface area contributed by atoms with Crippen LogP contribution in [0.25, 0.3) is 54.9 Å². The lowest BCUT2D eigenvalue weighted by molar-refractivity contribution is 0.402. The number of hydrogen-bond donors (Lipinski definition) is 0. The largest absolute Gasteiger partial charge is 0.457 e. The molecule has 0 radical (unpaired) electrons. The number of pyridine rings is 2. The smallest absolute Gasteiger partial charge is 0.188 e. The summed E-state index contributed by atoms with van der Waals surface area (Å²) < 4.78 is 30.3. The first kappa shape index (κ1) is 32.8. The van der Waals surface area contributed by atoms with E-state index in [1.807, 2.05) is 67.0 Å². The van der Waals surface area contributed by atoms with Gasteiger partial charge in [0.15, 0.2) is 14.2 Å². The number of imidazole rings is 1. The molecule has 0 bridgehead atoms. The van der Waals surface area contributed by atoms with Gasteiger partial charge in [-0.25, -0.2) is 14.4 Å². The third kappa shape index (κ3) is 4.50. The molecule has 0 N–H and O–H groups in total. The number of fused-ring (bicyclic) bond motifs is 12. The lowest BCUT2D eigenvalue weighted by Gasteiger charge is -2.41. The van der Waals surface area contributed by atoms with E-state index in [-0.39, 0.29) is 0 Å². The predicted molar refractivity (Wildman–Crippen MR) is 235 cm³/mol. The maximum atomic E-state index is 18.8. The van der Waals surface area contributed by atoms with Crippen molar-refractivity contribution in [2.75, 3.05) is 0 Å². The van der Waals surface area contributed by atoms with Crippen LogP contribution in [0.1, 0.15) is 17.3 Å². The maximum Gasteiger partial charge on any atom is 0.188 e. The molecule has 7 heteroatoms.